The molecule has 2 atom stereocenters. The van der Waals surface area contributed by atoms with Crippen LogP contribution in [0.25, 0.3) is 0 Å². The van der Waals surface area contributed by atoms with Gasteiger partial charge in [-0.05, 0) is 11.6 Å². The molecule has 2 N–H and O–H groups in total. The molecule has 1 aromatic rings. The zero-order chi connectivity index (χ0) is 16.3. The summed E-state index contributed by atoms with van der Waals surface area (Å²) in [7, 11) is 0. The zero-order valence-electron chi connectivity index (χ0n) is 12.2. The molecule has 1 amide bonds. The van der Waals surface area contributed by atoms with E-state index < -0.39 is 28.4 Å². The summed E-state index contributed by atoms with van der Waals surface area (Å²) < 4.78 is 19.0. The summed E-state index contributed by atoms with van der Waals surface area (Å²) in [6.07, 6.45) is 0. The number of nitrogens with zero attached hydrogens (tertiary/aromatic N) is 2. The molecule has 0 aromatic heterocycles. The van der Waals surface area contributed by atoms with Crippen LogP contribution >= 0.6 is 0 Å². The average Bonchev–Trinajstić information content (AvgIpc) is 2.47. The predicted octanol–water partition coefficient (Wildman–Crippen LogP) is 1.02. The molecule has 0 bridgehead atoms. The minimum Gasteiger partial charge on any atom is -0.379 e. The quantitative estimate of drug-likeness (QED) is 0.646. The molecular weight excluding hydrogens is 293 g/mol. The number of nitro benzene ring substituents is 1. The second-order valence-corrected chi connectivity index (χ2v) is 5.25. The van der Waals surface area contributed by atoms with Crippen LogP contribution < -0.4 is 5.73 Å². The fraction of sp³-hybridized carbons (Fsp3) is 0.500. The Morgan fingerprint density at radius 3 is 2.59 bits per heavy atom. The first-order chi connectivity index (χ1) is 10.4. The molecule has 120 valence electrons. The maximum Gasteiger partial charge on any atom is 0.304 e. The van der Waals surface area contributed by atoms with Crippen molar-refractivity contribution in [3.05, 3.63) is 39.7 Å². The molecule has 8 heteroatoms. The standard InChI is InChI=1S/C14H18FN3O4/c1-9(10-2-3-12(18(20)21)11(15)8-10)13(14(16)19)17-4-6-22-7-5-17/h2-3,8-9,13H,4-7H2,1H3,(H2,16,19). The fourth-order valence-electron chi connectivity index (χ4n) is 2.73. The Morgan fingerprint density at radius 2 is 2.09 bits per heavy atom. The second kappa shape index (κ2) is 6.80. The molecule has 0 saturated carbocycles. The molecule has 2 unspecified atom stereocenters. The third-order valence-electron chi connectivity index (χ3n) is 3.90. The van der Waals surface area contributed by atoms with Crippen molar-refractivity contribution in [3.8, 4) is 0 Å². The monoisotopic (exact) mass is 311 g/mol. The number of hydrogen-bond acceptors (Lipinski definition) is 5. The van der Waals surface area contributed by atoms with Crippen LogP contribution in [0.5, 0.6) is 0 Å². The van der Waals surface area contributed by atoms with E-state index in [2.05, 4.69) is 0 Å². The number of amides is 1. The number of morpholine rings is 1. The molecule has 7 nitrogen and oxygen atoms in total. The van der Waals surface area contributed by atoms with Crippen LogP contribution in [-0.2, 0) is 9.53 Å². The first-order valence-corrected chi connectivity index (χ1v) is 6.96. The van der Waals surface area contributed by atoms with Crippen molar-refractivity contribution >= 4 is 11.6 Å². The van der Waals surface area contributed by atoms with Crippen molar-refractivity contribution in [1.29, 1.82) is 0 Å². The van der Waals surface area contributed by atoms with Gasteiger partial charge < -0.3 is 10.5 Å². The zero-order valence-corrected chi connectivity index (χ0v) is 12.2. The van der Waals surface area contributed by atoms with Gasteiger partial charge in [-0.25, -0.2) is 0 Å². The highest BCUT2D eigenvalue weighted by Gasteiger charge is 2.32. The van der Waals surface area contributed by atoms with E-state index in [0.717, 1.165) is 12.1 Å². The number of rotatable bonds is 5. The number of carbonyl (C=O) groups is 1. The highest BCUT2D eigenvalue weighted by molar-refractivity contribution is 5.81. The van der Waals surface area contributed by atoms with Crippen molar-refractivity contribution in [2.75, 3.05) is 26.3 Å². The van der Waals surface area contributed by atoms with Gasteiger partial charge in [0.15, 0.2) is 0 Å². The van der Waals surface area contributed by atoms with Crippen molar-refractivity contribution < 1.29 is 18.8 Å². The molecular formula is C14H18FN3O4. The highest BCUT2D eigenvalue weighted by Crippen LogP contribution is 2.27. The molecule has 1 aliphatic heterocycles. The van der Waals surface area contributed by atoms with Gasteiger partial charge in [0.25, 0.3) is 0 Å². The van der Waals surface area contributed by atoms with Gasteiger partial charge >= 0.3 is 5.69 Å². The van der Waals surface area contributed by atoms with E-state index in [1.54, 1.807) is 6.92 Å². The summed E-state index contributed by atoms with van der Waals surface area (Å²) in [6.45, 7) is 3.89. The van der Waals surface area contributed by atoms with E-state index in [1.807, 2.05) is 4.90 Å². The molecule has 0 aliphatic carbocycles. The SMILES string of the molecule is CC(c1ccc([N+](=O)[O-])c(F)c1)C(C(N)=O)N1CCOCC1. The van der Waals surface area contributed by atoms with Gasteiger partial charge in [-0.1, -0.05) is 13.0 Å². The third-order valence-corrected chi connectivity index (χ3v) is 3.90. The smallest absolute Gasteiger partial charge is 0.304 e. The van der Waals surface area contributed by atoms with Crippen LogP contribution in [0.1, 0.15) is 18.4 Å². The Hall–Kier alpha value is -2.06. The molecule has 22 heavy (non-hydrogen) atoms. The summed E-state index contributed by atoms with van der Waals surface area (Å²) in [4.78, 5) is 23.6. The maximum atomic E-state index is 13.8. The Balaban J connectivity index is 2.26. The van der Waals surface area contributed by atoms with Gasteiger partial charge in [0.1, 0.15) is 0 Å². The lowest BCUT2D eigenvalue weighted by Crippen LogP contribution is -2.52. The largest absolute Gasteiger partial charge is 0.379 e. The molecule has 1 aliphatic rings. The fourth-order valence-corrected chi connectivity index (χ4v) is 2.73. The first kappa shape index (κ1) is 16.3. The topological polar surface area (TPSA) is 98.7 Å². The molecule has 1 aromatic carbocycles. The number of primary amides is 1. The average molecular weight is 311 g/mol. The Kier molecular flexibility index (Phi) is 5.04. The van der Waals surface area contributed by atoms with Crippen LogP contribution in [0, 0.1) is 15.9 Å². The summed E-state index contributed by atoms with van der Waals surface area (Å²) in [5.74, 6) is -1.81. The van der Waals surface area contributed by atoms with E-state index in [-0.39, 0.29) is 5.92 Å². The molecule has 1 fully saturated rings. The van der Waals surface area contributed by atoms with Gasteiger partial charge in [-0.3, -0.25) is 19.8 Å². The van der Waals surface area contributed by atoms with Crippen molar-refractivity contribution in [2.24, 2.45) is 5.73 Å². The molecule has 0 spiro atoms. The second-order valence-electron chi connectivity index (χ2n) is 5.25. The van der Waals surface area contributed by atoms with E-state index in [9.17, 15) is 19.3 Å². The number of carbonyl (C=O) groups excluding carboxylic acids is 1. The minimum absolute atomic E-state index is 0.383. The summed E-state index contributed by atoms with van der Waals surface area (Å²) >= 11 is 0. The van der Waals surface area contributed by atoms with Gasteiger partial charge in [-0.2, -0.15) is 4.39 Å². The number of nitro groups is 1. The van der Waals surface area contributed by atoms with Gasteiger partial charge in [-0.15, -0.1) is 0 Å². The first-order valence-electron chi connectivity index (χ1n) is 6.96. The summed E-state index contributed by atoms with van der Waals surface area (Å²) in [5, 5.41) is 10.7. The van der Waals surface area contributed by atoms with E-state index >= 15 is 0 Å². The van der Waals surface area contributed by atoms with E-state index in [4.69, 9.17) is 10.5 Å². The van der Waals surface area contributed by atoms with Crippen LogP contribution in [-0.4, -0.2) is 48.1 Å². The third kappa shape index (κ3) is 3.40. The number of hydrogen-bond donors (Lipinski definition) is 1. The van der Waals surface area contributed by atoms with Crippen LogP contribution in [0.2, 0.25) is 0 Å². The predicted molar refractivity (Wildman–Crippen MR) is 76.8 cm³/mol. The lowest BCUT2D eigenvalue weighted by atomic mass is 9.91. The Labute approximate surface area is 127 Å². The van der Waals surface area contributed by atoms with Crippen LogP contribution in [0.3, 0.4) is 0 Å². The molecule has 1 saturated heterocycles. The summed E-state index contributed by atoms with van der Waals surface area (Å²) in [6, 6.07) is 3.06. The van der Waals surface area contributed by atoms with Crippen molar-refractivity contribution in [1.82, 2.24) is 4.90 Å². The Bertz CT molecular complexity index is 575. The molecule has 0 radical (unpaired) electrons. The lowest BCUT2D eigenvalue weighted by molar-refractivity contribution is -0.387. The molecule has 2 rings (SSSR count). The van der Waals surface area contributed by atoms with Gasteiger partial charge in [0.05, 0.1) is 24.2 Å². The Morgan fingerprint density at radius 1 is 1.45 bits per heavy atom. The van der Waals surface area contributed by atoms with Crippen molar-refractivity contribution in [2.45, 2.75) is 18.9 Å². The van der Waals surface area contributed by atoms with Crippen LogP contribution in [0.4, 0.5) is 10.1 Å². The van der Waals surface area contributed by atoms with Gasteiger partial charge in [0, 0.05) is 25.1 Å². The van der Waals surface area contributed by atoms with Gasteiger partial charge in [0.2, 0.25) is 11.7 Å². The minimum atomic E-state index is -0.917. The van der Waals surface area contributed by atoms with Crippen molar-refractivity contribution in [3.63, 3.8) is 0 Å². The van der Waals surface area contributed by atoms with Crippen LogP contribution in [0.15, 0.2) is 18.2 Å². The maximum absolute atomic E-state index is 13.8. The number of halogens is 1. The highest BCUT2D eigenvalue weighted by atomic mass is 19.1. The van der Waals surface area contributed by atoms with E-state index in [0.29, 0.717) is 31.9 Å². The number of benzene rings is 1. The lowest BCUT2D eigenvalue weighted by Gasteiger charge is -2.36. The normalized spacial score (nSPS) is 18.6. The number of nitrogens with two attached hydrogens (primary N) is 1. The number of ether oxygens (including phenoxy) is 1. The molecule has 1 heterocycles. The summed E-state index contributed by atoms with van der Waals surface area (Å²) in [5.41, 5.74) is 5.41. The van der Waals surface area contributed by atoms with E-state index in [1.165, 1.54) is 6.07 Å².